The van der Waals surface area contributed by atoms with Crippen molar-refractivity contribution in [1.82, 2.24) is 0 Å². The summed E-state index contributed by atoms with van der Waals surface area (Å²) in [6, 6.07) is 22.4. The van der Waals surface area contributed by atoms with Crippen LogP contribution in [0.1, 0.15) is 30.9 Å². The fourth-order valence-electron chi connectivity index (χ4n) is 6.09. The molecule has 0 bridgehead atoms. The number of nitrogens with zero attached hydrogens (tertiary/aromatic N) is 4. The first-order valence-electron chi connectivity index (χ1n) is 11.7. The van der Waals surface area contributed by atoms with E-state index in [1.165, 1.54) is 22.2 Å². The van der Waals surface area contributed by atoms with E-state index in [2.05, 4.69) is 10.2 Å². The highest BCUT2D eigenvalue weighted by Gasteiger charge is 2.91. The number of anilines is 2. The summed E-state index contributed by atoms with van der Waals surface area (Å²) in [6.45, 7) is 3.39. The standard InChI is InChI=1S/C28H21F3N4O2/c1-17-26(24(36)34(32-17)21-9-5-3-6-10-21)23(19-13-15-20(16-14-19)28(29,30)31)27(26)18(2)33-35(25(27)37)22-11-7-4-8-12-22/h3-16,23H,1-2H3/t26-,27-/m0/s1. The number of halogens is 3. The van der Waals surface area contributed by atoms with Crippen molar-refractivity contribution < 1.29 is 22.8 Å². The summed E-state index contributed by atoms with van der Waals surface area (Å²) in [5.41, 5.74) is -1.25. The number of hydrogen-bond donors (Lipinski definition) is 0. The Morgan fingerprint density at radius 2 is 1.08 bits per heavy atom. The molecule has 186 valence electrons. The van der Waals surface area contributed by atoms with Gasteiger partial charge in [-0.2, -0.15) is 33.4 Å². The zero-order chi connectivity index (χ0) is 26.2. The molecule has 2 spiro atoms. The summed E-state index contributed by atoms with van der Waals surface area (Å²) in [5.74, 6) is -1.57. The van der Waals surface area contributed by atoms with E-state index in [4.69, 9.17) is 0 Å². The van der Waals surface area contributed by atoms with E-state index in [9.17, 15) is 22.8 Å². The molecule has 1 saturated carbocycles. The van der Waals surface area contributed by atoms with Gasteiger partial charge in [-0.25, -0.2) is 0 Å². The predicted molar refractivity (Wildman–Crippen MR) is 133 cm³/mol. The van der Waals surface area contributed by atoms with Gasteiger partial charge < -0.3 is 0 Å². The quantitative estimate of drug-likeness (QED) is 0.467. The Kier molecular flexibility index (Phi) is 4.76. The Labute approximate surface area is 210 Å². The van der Waals surface area contributed by atoms with Gasteiger partial charge in [0.25, 0.3) is 11.8 Å². The van der Waals surface area contributed by atoms with Crippen LogP contribution in [0.5, 0.6) is 0 Å². The third kappa shape index (κ3) is 2.88. The molecule has 0 saturated heterocycles. The number of fused-ring (bicyclic) bond motifs is 1. The minimum Gasteiger partial charge on any atom is -0.271 e. The lowest BCUT2D eigenvalue weighted by molar-refractivity contribution is -0.137. The fraction of sp³-hybridized carbons (Fsp3) is 0.214. The van der Waals surface area contributed by atoms with Crippen molar-refractivity contribution in [2.45, 2.75) is 25.9 Å². The summed E-state index contributed by atoms with van der Waals surface area (Å²) in [4.78, 5) is 28.4. The predicted octanol–water partition coefficient (Wildman–Crippen LogP) is 5.62. The first kappa shape index (κ1) is 23.1. The summed E-state index contributed by atoms with van der Waals surface area (Å²) in [7, 11) is 0. The van der Waals surface area contributed by atoms with Gasteiger partial charge in [0.2, 0.25) is 0 Å². The summed E-state index contributed by atoms with van der Waals surface area (Å²) >= 11 is 0. The van der Waals surface area contributed by atoms with Gasteiger partial charge >= 0.3 is 6.18 Å². The lowest BCUT2D eigenvalue weighted by Gasteiger charge is -2.18. The highest BCUT2D eigenvalue weighted by molar-refractivity contribution is 6.37. The maximum atomic E-state index is 14.2. The zero-order valence-electron chi connectivity index (χ0n) is 19.9. The molecule has 0 aromatic heterocycles. The van der Waals surface area contributed by atoms with Crippen molar-refractivity contribution in [2.24, 2.45) is 21.0 Å². The SMILES string of the molecule is CC1=NN(c2ccccc2)C(=O)[C@@]12C(c1ccc(C(F)(F)F)cc1)[C@@]21C(=O)N(c2ccccc2)N=C1C. The van der Waals surface area contributed by atoms with Crippen LogP contribution in [0.4, 0.5) is 24.5 Å². The Bertz CT molecular complexity index is 1400. The number of amides is 2. The number of alkyl halides is 3. The third-order valence-corrected chi connectivity index (χ3v) is 7.68. The Morgan fingerprint density at radius 1 is 0.676 bits per heavy atom. The topological polar surface area (TPSA) is 65.3 Å². The molecule has 37 heavy (non-hydrogen) atoms. The molecule has 3 aromatic rings. The first-order chi connectivity index (χ1) is 17.6. The molecule has 2 aliphatic heterocycles. The average molecular weight is 502 g/mol. The zero-order valence-corrected chi connectivity index (χ0v) is 19.9. The number of rotatable bonds is 3. The number of hydrogen-bond acceptors (Lipinski definition) is 4. The summed E-state index contributed by atoms with van der Waals surface area (Å²) in [5, 5.41) is 11.7. The summed E-state index contributed by atoms with van der Waals surface area (Å²) in [6.07, 6.45) is -4.51. The molecular weight excluding hydrogens is 481 g/mol. The van der Waals surface area contributed by atoms with Gasteiger partial charge in [0, 0.05) is 5.92 Å². The molecule has 2 amide bonds. The van der Waals surface area contributed by atoms with Crippen LogP contribution >= 0.6 is 0 Å². The van der Waals surface area contributed by atoms with Crippen molar-refractivity contribution in [3.63, 3.8) is 0 Å². The summed E-state index contributed by atoms with van der Waals surface area (Å²) < 4.78 is 39.9. The van der Waals surface area contributed by atoms with E-state index in [-0.39, 0.29) is 0 Å². The Hall–Kier alpha value is -4.27. The van der Waals surface area contributed by atoms with Gasteiger partial charge in [-0.05, 0) is 55.8 Å². The van der Waals surface area contributed by atoms with E-state index >= 15 is 0 Å². The van der Waals surface area contributed by atoms with E-state index in [0.717, 1.165) is 12.1 Å². The van der Waals surface area contributed by atoms with Crippen LogP contribution in [0.15, 0.2) is 95.1 Å². The monoisotopic (exact) mass is 502 g/mol. The molecule has 0 radical (unpaired) electrons. The van der Waals surface area contributed by atoms with Crippen LogP contribution in [0.2, 0.25) is 0 Å². The van der Waals surface area contributed by atoms with Crippen LogP contribution in [0, 0.1) is 10.8 Å². The van der Waals surface area contributed by atoms with E-state index in [1.807, 2.05) is 12.1 Å². The Morgan fingerprint density at radius 3 is 1.46 bits per heavy atom. The normalized spacial score (nSPS) is 26.8. The van der Waals surface area contributed by atoms with Crippen molar-refractivity contribution >= 4 is 34.6 Å². The van der Waals surface area contributed by atoms with Gasteiger partial charge in [-0.3, -0.25) is 9.59 Å². The number of carbonyl (C=O) groups excluding carboxylic acids is 2. The molecule has 2 atom stereocenters. The molecule has 0 N–H and O–H groups in total. The van der Waals surface area contributed by atoms with Crippen molar-refractivity contribution in [1.29, 1.82) is 0 Å². The van der Waals surface area contributed by atoms with Crippen LogP contribution in [0.25, 0.3) is 0 Å². The van der Waals surface area contributed by atoms with Gasteiger partial charge in [-0.15, -0.1) is 0 Å². The largest absolute Gasteiger partial charge is 0.416 e. The van der Waals surface area contributed by atoms with E-state index < -0.39 is 40.3 Å². The van der Waals surface area contributed by atoms with Crippen LogP contribution in [-0.2, 0) is 15.8 Å². The lowest BCUT2D eigenvalue weighted by atomic mass is 9.85. The van der Waals surface area contributed by atoms with Crippen molar-refractivity contribution in [2.75, 3.05) is 10.0 Å². The average Bonchev–Trinajstić information content (AvgIpc) is 3.38. The second-order valence-corrected chi connectivity index (χ2v) is 9.44. The molecular formula is C28H21F3N4O2. The smallest absolute Gasteiger partial charge is 0.271 e. The van der Waals surface area contributed by atoms with E-state index in [0.29, 0.717) is 28.4 Å². The maximum Gasteiger partial charge on any atom is 0.416 e. The molecule has 9 heteroatoms. The van der Waals surface area contributed by atoms with Gasteiger partial charge in [0.15, 0.2) is 0 Å². The molecule has 1 aliphatic carbocycles. The Balaban J connectivity index is 1.52. The fourth-order valence-corrected chi connectivity index (χ4v) is 6.09. The molecule has 3 aliphatic rings. The van der Waals surface area contributed by atoms with Gasteiger partial charge in [-0.1, -0.05) is 48.5 Å². The third-order valence-electron chi connectivity index (χ3n) is 7.68. The number of para-hydroxylation sites is 2. The maximum absolute atomic E-state index is 14.2. The molecule has 2 heterocycles. The first-order valence-corrected chi connectivity index (χ1v) is 11.7. The second-order valence-electron chi connectivity index (χ2n) is 9.44. The number of hydrazone groups is 2. The molecule has 6 nitrogen and oxygen atoms in total. The highest BCUT2D eigenvalue weighted by atomic mass is 19.4. The lowest BCUT2D eigenvalue weighted by Crippen LogP contribution is -2.40. The van der Waals surface area contributed by atoms with Crippen LogP contribution in [-0.4, -0.2) is 23.2 Å². The molecule has 1 fully saturated rings. The number of benzene rings is 3. The van der Waals surface area contributed by atoms with Crippen LogP contribution < -0.4 is 10.0 Å². The molecule has 6 rings (SSSR count). The van der Waals surface area contributed by atoms with Gasteiger partial charge in [0.1, 0.15) is 10.8 Å². The second kappa shape index (κ2) is 7.61. The van der Waals surface area contributed by atoms with E-state index in [1.54, 1.807) is 62.4 Å². The minimum atomic E-state index is -4.51. The van der Waals surface area contributed by atoms with Gasteiger partial charge in [0.05, 0.1) is 28.4 Å². The molecule has 3 aromatic carbocycles. The number of carbonyl (C=O) groups is 2. The molecule has 0 unspecified atom stereocenters. The van der Waals surface area contributed by atoms with Crippen molar-refractivity contribution in [3.05, 3.63) is 96.1 Å². The van der Waals surface area contributed by atoms with Crippen LogP contribution in [0.3, 0.4) is 0 Å². The minimum absolute atomic E-state index is 0.404. The highest BCUT2D eigenvalue weighted by Crippen LogP contribution is 2.79. The van der Waals surface area contributed by atoms with Crippen molar-refractivity contribution in [3.8, 4) is 0 Å².